The molecule has 0 aliphatic rings. The van der Waals surface area contributed by atoms with E-state index < -0.39 is 5.97 Å². The normalized spacial score (nSPS) is 12.0. The molecule has 4 heteroatoms. The molecule has 42 heavy (non-hydrogen) atoms. The van der Waals surface area contributed by atoms with Gasteiger partial charge in [0.15, 0.2) is 0 Å². The van der Waals surface area contributed by atoms with Crippen LogP contribution < -0.4 is 0 Å². The van der Waals surface area contributed by atoms with Gasteiger partial charge in [0, 0.05) is 12.8 Å². The number of hydrogen-bond acceptors (Lipinski definition) is 3. The van der Waals surface area contributed by atoms with Gasteiger partial charge >= 0.3 is 11.9 Å². The highest BCUT2D eigenvalue weighted by atomic mass is 16.5. The van der Waals surface area contributed by atoms with Crippen molar-refractivity contribution < 1.29 is 19.4 Å². The van der Waals surface area contributed by atoms with Crippen LogP contribution in [0.25, 0.3) is 0 Å². The zero-order chi connectivity index (χ0) is 30.8. The van der Waals surface area contributed by atoms with Crippen molar-refractivity contribution in [2.75, 3.05) is 0 Å². The van der Waals surface area contributed by atoms with Crippen LogP contribution in [-0.4, -0.2) is 23.1 Å². The van der Waals surface area contributed by atoms with Crippen LogP contribution in [0, 0.1) is 0 Å². The van der Waals surface area contributed by atoms with E-state index in [1.165, 1.54) is 167 Å². The summed E-state index contributed by atoms with van der Waals surface area (Å²) in [6.45, 7) is 4.54. The first-order valence-electron chi connectivity index (χ1n) is 19.0. The molecule has 0 heterocycles. The highest BCUT2D eigenvalue weighted by molar-refractivity contribution is 5.69. The fourth-order valence-corrected chi connectivity index (χ4v) is 6.01. The number of hydrogen-bond donors (Lipinski definition) is 1. The molecular formula is C38H74O4. The summed E-state index contributed by atoms with van der Waals surface area (Å²) in [5.41, 5.74) is 0. The van der Waals surface area contributed by atoms with E-state index in [1.807, 2.05) is 0 Å². The number of carbonyl (C=O) groups excluding carboxylic acids is 1. The van der Waals surface area contributed by atoms with Crippen LogP contribution in [-0.2, 0) is 14.3 Å². The van der Waals surface area contributed by atoms with Gasteiger partial charge in [0.05, 0.1) is 0 Å². The van der Waals surface area contributed by atoms with Crippen LogP contribution in [0.2, 0.25) is 0 Å². The molecule has 0 saturated heterocycles. The lowest BCUT2D eigenvalue weighted by atomic mass is 10.0. The zero-order valence-corrected chi connectivity index (χ0v) is 28.6. The predicted molar refractivity (Wildman–Crippen MR) is 181 cm³/mol. The number of ether oxygens (including phenoxy) is 1. The molecule has 1 unspecified atom stereocenters. The first-order chi connectivity index (χ1) is 20.6. The summed E-state index contributed by atoms with van der Waals surface area (Å²) in [6.07, 6.45) is 39.9. The second kappa shape index (κ2) is 34.4. The monoisotopic (exact) mass is 595 g/mol. The third-order valence-electron chi connectivity index (χ3n) is 8.83. The summed E-state index contributed by atoms with van der Waals surface area (Å²) < 4.78 is 6.01. The number of unbranched alkanes of at least 4 members (excludes halogenated alkanes) is 26. The molecule has 0 aromatic heterocycles. The number of carbonyl (C=O) groups is 2. The Balaban J connectivity index is 3.85. The Morgan fingerprint density at radius 1 is 0.429 bits per heavy atom. The van der Waals surface area contributed by atoms with Gasteiger partial charge in [0.1, 0.15) is 6.10 Å². The van der Waals surface area contributed by atoms with Crippen molar-refractivity contribution in [2.24, 2.45) is 0 Å². The Kier molecular flexibility index (Phi) is 33.6. The SMILES string of the molecule is CCCCCCCCCCCCCCCC(=O)OC(CCCCCCC)CCCCCCCCCCCCCC(=O)O. The van der Waals surface area contributed by atoms with Gasteiger partial charge in [-0.15, -0.1) is 0 Å². The molecule has 0 aliphatic carbocycles. The fraction of sp³-hybridized carbons (Fsp3) is 0.947. The molecule has 0 saturated carbocycles. The molecule has 4 nitrogen and oxygen atoms in total. The maximum Gasteiger partial charge on any atom is 0.306 e. The van der Waals surface area contributed by atoms with Crippen molar-refractivity contribution in [3.63, 3.8) is 0 Å². The lowest BCUT2D eigenvalue weighted by Gasteiger charge is -2.18. The maximum atomic E-state index is 12.6. The van der Waals surface area contributed by atoms with E-state index in [1.54, 1.807) is 0 Å². The molecule has 0 aliphatic heterocycles. The number of aliphatic carboxylic acids is 1. The van der Waals surface area contributed by atoms with Crippen molar-refractivity contribution in [2.45, 2.75) is 232 Å². The van der Waals surface area contributed by atoms with Crippen LogP contribution in [0.5, 0.6) is 0 Å². The van der Waals surface area contributed by atoms with Crippen molar-refractivity contribution in [1.29, 1.82) is 0 Å². The largest absolute Gasteiger partial charge is 0.481 e. The van der Waals surface area contributed by atoms with Gasteiger partial charge in [-0.1, -0.05) is 174 Å². The molecule has 1 atom stereocenters. The Bertz CT molecular complexity index is 561. The zero-order valence-electron chi connectivity index (χ0n) is 28.6. The van der Waals surface area contributed by atoms with E-state index in [9.17, 15) is 9.59 Å². The van der Waals surface area contributed by atoms with Gasteiger partial charge < -0.3 is 9.84 Å². The van der Waals surface area contributed by atoms with Crippen molar-refractivity contribution in [3.8, 4) is 0 Å². The maximum absolute atomic E-state index is 12.6. The molecule has 0 rings (SSSR count). The minimum atomic E-state index is -0.670. The topological polar surface area (TPSA) is 63.6 Å². The molecule has 0 fully saturated rings. The molecule has 1 N–H and O–H groups in total. The third-order valence-corrected chi connectivity index (χ3v) is 8.83. The molecule has 0 amide bonds. The van der Waals surface area contributed by atoms with E-state index in [-0.39, 0.29) is 12.1 Å². The van der Waals surface area contributed by atoms with Crippen LogP contribution in [0.15, 0.2) is 0 Å². The van der Waals surface area contributed by atoms with Gasteiger partial charge in [-0.25, -0.2) is 0 Å². The molecule has 0 aromatic carbocycles. The summed E-state index contributed by atoms with van der Waals surface area (Å²) in [6, 6.07) is 0. The van der Waals surface area contributed by atoms with E-state index >= 15 is 0 Å². The van der Waals surface area contributed by atoms with Crippen LogP contribution >= 0.6 is 0 Å². The lowest BCUT2D eigenvalue weighted by molar-refractivity contribution is -0.150. The van der Waals surface area contributed by atoms with Crippen molar-refractivity contribution in [1.82, 2.24) is 0 Å². The average Bonchev–Trinajstić information content (AvgIpc) is 2.97. The summed E-state index contributed by atoms with van der Waals surface area (Å²) in [5, 5.41) is 8.69. The van der Waals surface area contributed by atoms with Crippen molar-refractivity contribution in [3.05, 3.63) is 0 Å². The second-order valence-corrected chi connectivity index (χ2v) is 13.1. The quantitative estimate of drug-likeness (QED) is 0.0585. The predicted octanol–water partition coefficient (Wildman–Crippen LogP) is 12.9. The molecule has 0 spiro atoms. The van der Waals surface area contributed by atoms with E-state index in [0.29, 0.717) is 12.8 Å². The van der Waals surface area contributed by atoms with Crippen LogP contribution in [0.1, 0.15) is 226 Å². The fourth-order valence-electron chi connectivity index (χ4n) is 6.01. The van der Waals surface area contributed by atoms with Gasteiger partial charge in [-0.2, -0.15) is 0 Å². The Morgan fingerprint density at radius 3 is 1.05 bits per heavy atom. The summed E-state index contributed by atoms with van der Waals surface area (Å²) in [7, 11) is 0. The van der Waals surface area contributed by atoms with Crippen LogP contribution in [0.4, 0.5) is 0 Å². The van der Waals surface area contributed by atoms with E-state index in [0.717, 1.165) is 32.1 Å². The minimum absolute atomic E-state index is 0.0413. The van der Waals surface area contributed by atoms with E-state index in [2.05, 4.69) is 13.8 Å². The van der Waals surface area contributed by atoms with Gasteiger partial charge in [0.25, 0.3) is 0 Å². The number of esters is 1. The standard InChI is InChI=1S/C38H74O4/c1-3-5-7-9-10-11-12-13-17-20-23-27-31-35-38(41)42-36(32-28-24-8-6-4-2)33-29-25-21-18-15-14-16-19-22-26-30-34-37(39)40/h36H,3-35H2,1-2H3,(H,39,40). The molecule has 250 valence electrons. The summed E-state index contributed by atoms with van der Waals surface area (Å²) >= 11 is 0. The third kappa shape index (κ3) is 33.4. The highest BCUT2D eigenvalue weighted by Crippen LogP contribution is 2.19. The first-order valence-corrected chi connectivity index (χ1v) is 19.0. The van der Waals surface area contributed by atoms with Crippen molar-refractivity contribution >= 4 is 11.9 Å². The lowest BCUT2D eigenvalue weighted by Crippen LogP contribution is -2.18. The van der Waals surface area contributed by atoms with Gasteiger partial charge in [0.2, 0.25) is 0 Å². The smallest absolute Gasteiger partial charge is 0.306 e. The Labute approximate surface area is 262 Å². The van der Waals surface area contributed by atoms with E-state index in [4.69, 9.17) is 9.84 Å². The minimum Gasteiger partial charge on any atom is -0.481 e. The second-order valence-electron chi connectivity index (χ2n) is 13.1. The highest BCUT2D eigenvalue weighted by Gasteiger charge is 2.14. The molecule has 0 bridgehead atoms. The Morgan fingerprint density at radius 2 is 0.714 bits per heavy atom. The number of rotatable bonds is 35. The van der Waals surface area contributed by atoms with Crippen LogP contribution in [0.3, 0.4) is 0 Å². The van der Waals surface area contributed by atoms with Gasteiger partial charge in [-0.3, -0.25) is 9.59 Å². The molecule has 0 radical (unpaired) electrons. The number of carboxylic acid groups (broad SMARTS) is 1. The van der Waals surface area contributed by atoms with Gasteiger partial charge in [-0.05, 0) is 38.5 Å². The first kappa shape index (κ1) is 40.9. The average molecular weight is 595 g/mol. The summed E-state index contributed by atoms with van der Waals surface area (Å²) in [4.78, 5) is 23.1. The molecular weight excluding hydrogens is 520 g/mol. The number of carboxylic acids is 1. The Hall–Kier alpha value is -1.06. The molecule has 0 aromatic rings. The summed E-state index contributed by atoms with van der Waals surface area (Å²) in [5.74, 6) is -0.629.